The summed E-state index contributed by atoms with van der Waals surface area (Å²) in [4.78, 5) is 61.0. The van der Waals surface area contributed by atoms with Gasteiger partial charge in [0.1, 0.15) is 18.4 Å². The van der Waals surface area contributed by atoms with Gasteiger partial charge in [0.05, 0.1) is 6.54 Å². The number of para-hydroxylation sites is 1. The van der Waals surface area contributed by atoms with Gasteiger partial charge in [-0.2, -0.15) is 0 Å². The Bertz CT molecular complexity index is 1420. The van der Waals surface area contributed by atoms with Crippen molar-refractivity contribution in [3.63, 3.8) is 0 Å². The Kier molecular flexibility index (Phi) is 7.01. The van der Waals surface area contributed by atoms with Crippen LogP contribution in [-0.2, 0) is 39.9 Å². The van der Waals surface area contributed by atoms with Crippen LogP contribution < -0.4 is 11.2 Å². The third-order valence-corrected chi connectivity index (χ3v) is 5.47. The molecule has 2 aromatic heterocycles. The van der Waals surface area contributed by atoms with Crippen molar-refractivity contribution in [3.8, 4) is 0 Å². The number of aromatic nitrogens is 3. The Balaban J connectivity index is 1.74. The van der Waals surface area contributed by atoms with Crippen LogP contribution in [0.1, 0.15) is 32.7 Å². The van der Waals surface area contributed by atoms with E-state index in [-0.39, 0.29) is 13.2 Å². The summed E-state index contributed by atoms with van der Waals surface area (Å²) in [5, 5.41) is 4.59. The number of nitrogens with zero attached hydrogens (tertiary/aromatic N) is 3. The molecule has 1 fully saturated rings. The Morgan fingerprint density at radius 2 is 1.67 bits per heavy atom. The highest BCUT2D eigenvalue weighted by molar-refractivity contribution is 5.79. The van der Waals surface area contributed by atoms with Crippen LogP contribution in [0, 0.1) is 0 Å². The monoisotopic (exact) mass is 501 g/mol. The molecule has 0 radical (unpaired) electrons. The second kappa shape index (κ2) is 10.2. The van der Waals surface area contributed by atoms with Gasteiger partial charge in [-0.3, -0.25) is 28.3 Å². The van der Waals surface area contributed by atoms with Gasteiger partial charge in [0.15, 0.2) is 24.0 Å². The summed E-state index contributed by atoms with van der Waals surface area (Å²) >= 11 is 0. The molecule has 190 valence electrons. The molecule has 3 unspecified atom stereocenters. The van der Waals surface area contributed by atoms with E-state index in [1.807, 2.05) is 0 Å². The molecule has 0 bridgehead atoms. The van der Waals surface area contributed by atoms with Crippen LogP contribution in [0.15, 0.2) is 50.6 Å². The topological polar surface area (TPSA) is 158 Å². The second-order valence-electron chi connectivity index (χ2n) is 8.07. The van der Waals surface area contributed by atoms with E-state index in [9.17, 15) is 24.0 Å². The molecule has 0 saturated carbocycles. The summed E-state index contributed by atoms with van der Waals surface area (Å²) < 4.78 is 28.8. The van der Waals surface area contributed by atoms with Crippen molar-refractivity contribution >= 4 is 28.9 Å². The van der Waals surface area contributed by atoms with Crippen LogP contribution in [0.3, 0.4) is 0 Å². The highest BCUT2D eigenvalue weighted by Gasteiger charge is 2.51. The van der Waals surface area contributed by atoms with Crippen molar-refractivity contribution in [1.82, 2.24) is 14.3 Å². The summed E-state index contributed by atoms with van der Waals surface area (Å²) in [5.74, 6) is -2.04. The lowest BCUT2D eigenvalue weighted by molar-refractivity contribution is -0.166. The molecule has 36 heavy (non-hydrogen) atoms. The number of hydrogen-bond acceptors (Lipinski definition) is 11. The number of rotatable bonds is 7. The molecule has 1 aliphatic heterocycles. The summed E-state index contributed by atoms with van der Waals surface area (Å²) in [7, 11) is 0. The zero-order valence-electron chi connectivity index (χ0n) is 19.6. The van der Waals surface area contributed by atoms with Crippen molar-refractivity contribution in [3.05, 3.63) is 63.1 Å². The molecule has 13 heteroatoms. The number of carbonyl (C=O) groups excluding carboxylic acids is 3. The number of carbonyl (C=O) groups is 3. The van der Waals surface area contributed by atoms with Gasteiger partial charge in [-0.15, -0.1) is 0 Å². The zero-order chi connectivity index (χ0) is 26.0. The van der Waals surface area contributed by atoms with Gasteiger partial charge in [-0.25, -0.2) is 4.79 Å². The zero-order valence-corrected chi connectivity index (χ0v) is 19.6. The van der Waals surface area contributed by atoms with E-state index in [4.69, 9.17) is 23.5 Å². The molecule has 0 amide bonds. The molecule has 3 aromatic rings. The van der Waals surface area contributed by atoms with Crippen molar-refractivity contribution in [2.45, 2.75) is 51.9 Å². The Morgan fingerprint density at radius 1 is 0.972 bits per heavy atom. The van der Waals surface area contributed by atoms with E-state index in [2.05, 4.69) is 5.16 Å². The van der Waals surface area contributed by atoms with Crippen molar-refractivity contribution in [2.75, 3.05) is 6.61 Å². The first-order chi connectivity index (χ1) is 17.2. The summed E-state index contributed by atoms with van der Waals surface area (Å²) in [6.07, 6.45) is -3.64. The van der Waals surface area contributed by atoms with Gasteiger partial charge in [-0.05, 0) is 12.1 Å². The Morgan fingerprint density at radius 3 is 2.36 bits per heavy atom. The van der Waals surface area contributed by atoms with Crippen molar-refractivity contribution in [2.24, 2.45) is 0 Å². The third-order valence-electron chi connectivity index (χ3n) is 5.47. The van der Waals surface area contributed by atoms with E-state index in [1.54, 1.807) is 24.3 Å². The predicted molar refractivity (Wildman–Crippen MR) is 120 cm³/mol. The van der Waals surface area contributed by atoms with Gasteiger partial charge in [0.2, 0.25) is 0 Å². The highest BCUT2D eigenvalue weighted by Crippen LogP contribution is 2.33. The predicted octanol–water partition coefficient (Wildman–Crippen LogP) is 0.523. The van der Waals surface area contributed by atoms with Crippen LogP contribution in [0.2, 0.25) is 0 Å². The summed E-state index contributed by atoms with van der Waals surface area (Å²) in [6.45, 7) is 2.94. The molecular formula is C23H23N3O10. The van der Waals surface area contributed by atoms with Crippen LogP contribution in [-0.4, -0.2) is 57.1 Å². The van der Waals surface area contributed by atoms with Gasteiger partial charge in [0.25, 0.3) is 5.56 Å². The third kappa shape index (κ3) is 5.05. The molecule has 1 aliphatic rings. The highest BCUT2D eigenvalue weighted by atomic mass is 16.7. The molecule has 0 spiro atoms. The molecule has 4 atom stereocenters. The van der Waals surface area contributed by atoms with Crippen molar-refractivity contribution in [1.29, 1.82) is 0 Å². The van der Waals surface area contributed by atoms with E-state index < -0.39 is 53.7 Å². The van der Waals surface area contributed by atoms with Gasteiger partial charge in [-0.1, -0.05) is 17.3 Å². The van der Waals surface area contributed by atoms with Gasteiger partial charge >= 0.3 is 23.6 Å². The van der Waals surface area contributed by atoms with Crippen LogP contribution in [0.4, 0.5) is 0 Å². The maximum Gasteiger partial charge on any atom is 0.333 e. The molecule has 0 aliphatic carbocycles. The minimum absolute atomic E-state index is 0.204. The number of benzene rings is 1. The van der Waals surface area contributed by atoms with Crippen LogP contribution in [0.5, 0.6) is 0 Å². The molecule has 1 saturated heterocycles. The van der Waals surface area contributed by atoms with E-state index >= 15 is 0 Å². The quantitative estimate of drug-likeness (QED) is 0.328. The van der Waals surface area contributed by atoms with Crippen LogP contribution >= 0.6 is 0 Å². The summed E-state index contributed by atoms with van der Waals surface area (Å²) in [6, 6.07) is 8.11. The van der Waals surface area contributed by atoms with Crippen LogP contribution in [0.25, 0.3) is 11.0 Å². The molecule has 1 aromatic carbocycles. The first-order valence-corrected chi connectivity index (χ1v) is 10.9. The number of ether oxygens (including phenoxy) is 4. The minimum atomic E-state index is -1.30. The van der Waals surface area contributed by atoms with Gasteiger partial charge < -0.3 is 23.5 Å². The maximum atomic E-state index is 13.4. The van der Waals surface area contributed by atoms with E-state index in [0.717, 1.165) is 29.0 Å². The average molecular weight is 501 g/mol. The van der Waals surface area contributed by atoms with Gasteiger partial charge in [0, 0.05) is 38.4 Å². The van der Waals surface area contributed by atoms with E-state index in [1.165, 1.54) is 13.1 Å². The van der Waals surface area contributed by atoms with Crippen molar-refractivity contribution < 1.29 is 37.9 Å². The molecule has 4 rings (SSSR count). The standard InChI is InChI=1S/C23H23N3O10/c1-12(27)32-11-18-20(33-13(2)28)21(34-14(3)29)22(35-18)25-9-8-19(30)26(23(25)31)10-16-15-6-4-5-7-17(15)36-24-16/h4-9,18,20-22H,10-11H2,1-3H3/t18?,20-,21?,22?/m0/s1. The average Bonchev–Trinajstić information content (AvgIpc) is 3.36. The first kappa shape index (κ1) is 24.9. The SMILES string of the molecule is CC(=O)OCC1OC(n2ccc(=O)n(Cc3noc4ccccc34)c2=O)C(OC(C)=O)[C@H]1OC(C)=O. The fraction of sp³-hybridized carbons (Fsp3) is 0.391. The summed E-state index contributed by atoms with van der Waals surface area (Å²) in [5.41, 5.74) is -0.565. The fourth-order valence-corrected chi connectivity index (χ4v) is 3.99. The largest absolute Gasteiger partial charge is 0.463 e. The smallest absolute Gasteiger partial charge is 0.333 e. The number of fused-ring (bicyclic) bond motifs is 1. The maximum absolute atomic E-state index is 13.4. The molecular weight excluding hydrogens is 478 g/mol. The lowest BCUT2D eigenvalue weighted by Crippen LogP contribution is -2.45. The lowest BCUT2D eigenvalue weighted by Gasteiger charge is -2.24. The minimum Gasteiger partial charge on any atom is -0.463 e. The normalized spacial score (nSPS) is 21.3. The second-order valence-corrected chi connectivity index (χ2v) is 8.07. The molecule has 0 N–H and O–H groups in total. The molecule has 13 nitrogen and oxygen atoms in total. The fourth-order valence-electron chi connectivity index (χ4n) is 3.99. The first-order valence-electron chi connectivity index (χ1n) is 10.9. The number of esters is 3. The lowest BCUT2D eigenvalue weighted by atomic mass is 10.1. The Labute approximate surface area is 203 Å². The molecule has 3 heterocycles. The number of hydrogen-bond donors (Lipinski definition) is 0. The Hall–Kier alpha value is -4.26. The van der Waals surface area contributed by atoms with E-state index in [0.29, 0.717) is 16.7 Å².